The number of halogens is 1. The maximum absolute atomic E-state index is 13.9. The van der Waals surface area contributed by atoms with E-state index in [1.165, 1.54) is 18.5 Å². The van der Waals surface area contributed by atoms with Crippen LogP contribution in [0.1, 0.15) is 12.5 Å². The molecule has 0 aliphatic heterocycles. The maximum atomic E-state index is 13.9. The Balaban J connectivity index is 1.54. The van der Waals surface area contributed by atoms with Crippen LogP contribution in [0.25, 0.3) is 0 Å². The summed E-state index contributed by atoms with van der Waals surface area (Å²) in [7, 11) is -3.86. The Hall–Kier alpha value is -3.31. The summed E-state index contributed by atoms with van der Waals surface area (Å²) in [5, 5.41) is 6.09. The SMILES string of the molecule is CCOc1ccc(S(=O)(=O)NCCNc2cc(Nc3cc(C)ccn3)ncn2)cc1F. The van der Waals surface area contributed by atoms with Crippen molar-refractivity contribution < 1.29 is 17.5 Å². The summed E-state index contributed by atoms with van der Waals surface area (Å²) in [5.41, 5.74) is 1.06. The topological polar surface area (TPSA) is 118 Å². The molecule has 2 aromatic heterocycles. The first kappa shape index (κ1) is 22.4. The van der Waals surface area contributed by atoms with Crippen molar-refractivity contribution in [3.05, 3.63) is 60.3 Å². The van der Waals surface area contributed by atoms with Crippen LogP contribution in [0.2, 0.25) is 0 Å². The number of rotatable bonds is 10. The van der Waals surface area contributed by atoms with Gasteiger partial charge in [0.1, 0.15) is 23.8 Å². The van der Waals surface area contributed by atoms with Crippen molar-refractivity contribution in [2.45, 2.75) is 18.7 Å². The Kier molecular flexibility index (Phi) is 7.32. The van der Waals surface area contributed by atoms with E-state index in [4.69, 9.17) is 4.74 Å². The summed E-state index contributed by atoms with van der Waals surface area (Å²) in [6, 6.07) is 8.98. The molecule has 1 aromatic carbocycles. The third-order valence-electron chi connectivity index (χ3n) is 4.08. The van der Waals surface area contributed by atoms with E-state index in [0.29, 0.717) is 17.5 Å². The van der Waals surface area contributed by atoms with Gasteiger partial charge in [0.25, 0.3) is 0 Å². The number of hydrogen-bond donors (Lipinski definition) is 3. The Morgan fingerprint density at radius 2 is 1.77 bits per heavy atom. The van der Waals surface area contributed by atoms with Gasteiger partial charge in [-0.15, -0.1) is 0 Å². The minimum Gasteiger partial charge on any atom is -0.491 e. The predicted octanol–water partition coefficient (Wildman–Crippen LogP) is 2.85. The van der Waals surface area contributed by atoms with Crippen LogP contribution in [0.3, 0.4) is 0 Å². The quantitative estimate of drug-likeness (QED) is 0.407. The van der Waals surface area contributed by atoms with Gasteiger partial charge in [0.15, 0.2) is 11.6 Å². The van der Waals surface area contributed by atoms with Crippen molar-refractivity contribution in [2.24, 2.45) is 0 Å². The fourth-order valence-corrected chi connectivity index (χ4v) is 3.68. The summed E-state index contributed by atoms with van der Waals surface area (Å²) >= 11 is 0. The Bertz CT molecular complexity index is 1140. The standard InChI is InChI=1S/C20H23FN6O3S/c1-3-30-17-5-4-15(11-16(17)21)31(28,29)26-9-8-23-18-12-20(25-13-24-18)27-19-10-14(2)6-7-22-19/h4-7,10-13,26H,3,8-9H2,1-2H3,(H2,22,23,24,25,27). The Morgan fingerprint density at radius 1 is 1.00 bits per heavy atom. The smallest absolute Gasteiger partial charge is 0.240 e. The molecule has 0 aliphatic rings. The predicted molar refractivity (Wildman–Crippen MR) is 116 cm³/mol. The average molecular weight is 447 g/mol. The minimum atomic E-state index is -3.86. The van der Waals surface area contributed by atoms with E-state index in [-0.39, 0.29) is 30.3 Å². The van der Waals surface area contributed by atoms with Gasteiger partial charge in [-0.3, -0.25) is 0 Å². The van der Waals surface area contributed by atoms with Crippen molar-refractivity contribution in [2.75, 3.05) is 30.3 Å². The molecule has 0 saturated carbocycles. The van der Waals surface area contributed by atoms with E-state index in [0.717, 1.165) is 11.6 Å². The van der Waals surface area contributed by atoms with Gasteiger partial charge in [0.05, 0.1) is 11.5 Å². The van der Waals surface area contributed by atoms with Crippen LogP contribution in [0.4, 0.5) is 21.8 Å². The highest BCUT2D eigenvalue weighted by atomic mass is 32.2. The Morgan fingerprint density at radius 3 is 2.52 bits per heavy atom. The highest BCUT2D eigenvalue weighted by molar-refractivity contribution is 7.89. The van der Waals surface area contributed by atoms with E-state index in [1.807, 2.05) is 19.1 Å². The molecule has 3 N–H and O–H groups in total. The molecular weight excluding hydrogens is 423 g/mol. The summed E-state index contributed by atoms with van der Waals surface area (Å²) < 4.78 is 46.2. The zero-order valence-electron chi connectivity index (χ0n) is 17.1. The lowest BCUT2D eigenvalue weighted by molar-refractivity contribution is 0.321. The number of sulfonamides is 1. The second kappa shape index (κ2) is 10.1. The molecule has 0 unspecified atom stereocenters. The normalized spacial score (nSPS) is 11.2. The van der Waals surface area contributed by atoms with E-state index in [1.54, 1.807) is 19.2 Å². The number of ether oxygens (including phenoxy) is 1. The summed E-state index contributed by atoms with van der Waals surface area (Å²) in [5.74, 6) is 0.988. The van der Waals surface area contributed by atoms with Gasteiger partial charge in [-0.05, 0) is 49.7 Å². The van der Waals surface area contributed by atoms with Gasteiger partial charge in [-0.25, -0.2) is 32.5 Å². The van der Waals surface area contributed by atoms with E-state index >= 15 is 0 Å². The lowest BCUT2D eigenvalue weighted by Crippen LogP contribution is -2.29. The highest BCUT2D eigenvalue weighted by Crippen LogP contribution is 2.21. The third kappa shape index (κ3) is 6.33. The van der Waals surface area contributed by atoms with Gasteiger partial charge in [-0.1, -0.05) is 0 Å². The van der Waals surface area contributed by atoms with Crippen LogP contribution in [-0.2, 0) is 10.0 Å². The van der Waals surface area contributed by atoms with Crippen LogP contribution < -0.4 is 20.1 Å². The number of nitrogens with zero attached hydrogens (tertiary/aromatic N) is 3. The first-order chi connectivity index (χ1) is 14.9. The monoisotopic (exact) mass is 446 g/mol. The molecule has 0 radical (unpaired) electrons. The fourth-order valence-electron chi connectivity index (χ4n) is 2.64. The molecule has 164 valence electrons. The molecule has 9 nitrogen and oxygen atoms in total. The molecule has 0 bridgehead atoms. The second-order valence-corrected chi connectivity index (χ2v) is 8.25. The summed E-state index contributed by atoms with van der Waals surface area (Å²) in [6.07, 6.45) is 3.08. The van der Waals surface area contributed by atoms with Gasteiger partial charge >= 0.3 is 0 Å². The number of nitrogens with one attached hydrogen (secondary N) is 3. The fraction of sp³-hybridized carbons (Fsp3) is 0.250. The number of anilines is 3. The molecule has 0 fully saturated rings. The van der Waals surface area contributed by atoms with Crippen molar-refractivity contribution in [1.29, 1.82) is 0 Å². The molecule has 0 amide bonds. The van der Waals surface area contributed by atoms with Crippen molar-refractivity contribution in [1.82, 2.24) is 19.7 Å². The van der Waals surface area contributed by atoms with Gasteiger partial charge < -0.3 is 15.4 Å². The zero-order valence-corrected chi connectivity index (χ0v) is 17.9. The van der Waals surface area contributed by atoms with E-state index in [2.05, 4.69) is 30.3 Å². The molecule has 0 atom stereocenters. The van der Waals surface area contributed by atoms with E-state index < -0.39 is 15.8 Å². The molecule has 11 heteroatoms. The minimum absolute atomic E-state index is 0.0113. The van der Waals surface area contributed by atoms with Crippen LogP contribution >= 0.6 is 0 Å². The maximum Gasteiger partial charge on any atom is 0.240 e. The van der Waals surface area contributed by atoms with Crippen molar-refractivity contribution >= 4 is 27.5 Å². The molecule has 3 rings (SSSR count). The number of hydrogen-bond acceptors (Lipinski definition) is 8. The van der Waals surface area contributed by atoms with Gasteiger partial charge in [0, 0.05) is 25.4 Å². The lowest BCUT2D eigenvalue weighted by atomic mass is 10.3. The summed E-state index contributed by atoms with van der Waals surface area (Å²) in [6.45, 7) is 4.30. The number of aromatic nitrogens is 3. The number of aryl methyl sites for hydroxylation is 1. The number of benzene rings is 1. The molecule has 3 aromatic rings. The molecular formula is C20H23FN6O3S. The third-order valence-corrected chi connectivity index (χ3v) is 5.53. The molecule has 0 spiro atoms. The highest BCUT2D eigenvalue weighted by Gasteiger charge is 2.16. The van der Waals surface area contributed by atoms with Crippen LogP contribution in [0.5, 0.6) is 5.75 Å². The molecule has 0 saturated heterocycles. The summed E-state index contributed by atoms with van der Waals surface area (Å²) in [4.78, 5) is 12.3. The first-order valence-corrected chi connectivity index (χ1v) is 11.0. The van der Waals surface area contributed by atoms with Gasteiger partial charge in [-0.2, -0.15) is 0 Å². The van der Waals surface area contributed by atoms with Crippen LogP contribution in [0, 0.1) is 12.7 Å². The second-order valence-electron chi connectivity index (χ2n) is 6.48. The molecule has 0 aliphatic carbocycles. The largest absolute Gasteiger partial charge is 0.491 e. The number of pyridine rings is 1. The van der Waals surface area contributed by atoms with Crippen LogP contribution in [0.15, 0.2) is 53.8 Å². The van der Waals surface area contributed by atoms with E-state index in [9.17, 15) is 12.8 Å². The van der Waals surface area contributed by atoms with Crippen molar-refractivity contribution in [3.63, 3.8) is 0 Å². The molecule has 31 heavy (non-hydrogen) atoms. The van der Waals surface area contributed by atoms with Gasteiger partial charge in [0.2, 0.25) is 10.0 Å². The van der Waals surface area contributed by atoms with Crippen molar-refractivity contribution in [3.8, 4) is 5.75 Å². The Labute approximate surface area is 180 Å². The van der Waals surface area contributed by atoms with Crippen LogP contribution in [-0.4, -0.2) is 43.1 Å². The molecule has 2 heterocycles. The average Bonchev–Trinajstić information content (AvgIpc) is 2.73. The lowest BCUT2D eigenvalue weighted by Gasteiger charge is -2.11. The first-order valence-electron chi connectivity index (χ1n) is 9.55. The zero-order chi connectivity index (χ0) is 22.3.